The molecule has 0 aromatic carbocycles. The van der Waals surface area contributed by atoms with Gasteiger partial charge in [0.2, 0.25) is 0 Å². The zero-order chi connectivity index (χ0) is 12.3. The molecule has 0 bridgehead atoms. The van der Waals surface area contributed by atoms with E-state index in [4.69, 9.17) is 9.52 Å². The Labute approximate surface area is 101 Å². The van der Waals surface area contributed by atoms with Crippen LogP contribution in [0.4, 0.5) is 0 Å². The Bertz CT molecular complexity index is 356. The second-order valence-electron chi connectivity index (χ2n) is 4.40. The SMILES string of the molecule is CC(c1ccco1)N1CCN(CC(=O)O)CC1. The van der Waals surface area contributed by atoms with Gasteiger partial charge >= 0.3 is 5.97 Å². The molecule has 1 aromatic rings. The molecule has 1 N–H and O–H groups in total. The van der Waals surface area contributed by atoms with Crippen molar-refractivity contribution in [2.45, 2.75) is 13.0 Å². The molecular weight excluding hydrogens is 220 g/mol. The summed E-state index contributed by atoms with van der Waals surface area (Å²) in [7, 11) is 0. The molecule has 1 aliphatic heterocycles. The molecule has 2 rings (SSSR count). The largest absolute Gasteiger partial charge is 0.480 e. The van der Waals surface area contributed by atoms with Gasteiger partial charge in [-0.1, -0.05) is 0 Å². The highest BCUT2D eigenvalue weighted by molar-refractivity contribution is 5.69. The fraction of sp³-hybridized carbons (Fsp3) is 0.583. The van der Waals surface area contributed by atoms with Crippen LogP contribution in [0.5, 0.6) is 0 Å². The zero-order valence-corrected chi connectivity index (χ0v) is 10.0. The van der Waals surface area contributed by atoms with Crippen molar-refractivity contribution in [2.75, 3.05) is 32.7 Å². The number of carbonyl (C=O) groups is 1. The van der Waals surface area contributed by atoms with E-state index in [0.29, 0.717) is 0 Å². The standard InChI is InChI=1S/C12H18N2O3/c1-10(11-3-2-8-17-11)14-6-4-13(5-7-14)9-12(15)16/h2-3,8,10H,4-7,9H2,1H3,(H,15,16). The molecule has 94 valence electrons. The minimum Gasteiger partial charge on any atom is -0.480 e. The summed E-state index contributed by atoms with van der Waals surface area (Å²) in [4.78, 5) is 14.9. The van der Waals surface area contributed by atoms with Gasteiger partial charge in [0, 0.05) is 26.2 Å². The summed E-state index contributed by atoms with van der Waals surface area (Å²) in [5, 5.41) is 8.72. The van der Waals surface area contributed by atoms with Gasteiger partial charge < -0.3 is 9.52 Å². The third-order valence-corrected chi connectivity index (χ3v) is 3.27. The summed E-state index contributed by atoms with van der Waals surface area (Å²) in [6, 6.07) is 4.14. The summed E-state index contributed by atoms with van der Waals surface area (Å²) in [5.41, 5.74) is 0. The van der Waals surface area contributed by atoms with Crippen LogP contribution in [0.25, 0.3) is 0 Å². The van der Waals surface area contributed by atoms with Crippen molar-refractivity contribution in [2.24, 2.45) is 0 Å². The highest BCUT2D eigenvalue weighted by atomic mass is 16.4. The number of piperazine rings is 1. The highest BCUT2D eigenvalue weighted by Gasteiger charge is 2.24. The Morgan fingerprint density at radius 3 is 2.71 bits per heavy atom. The number of rotatable bonds is 4. The molecule has 1 saturated heterocycles. The quantitative estimate of drug-likeness (QED) is 0.849. The smallest absolute Gasteiger partial charge is 0.317 e. The molecule has 1 fully saturated rings. The number of hydrogen-bond donors (Lipinski definition) is 1. The molecule has 0 radical (unpaired) electrons. The lowest BCUT2D eigenvalue weighted by molar-refractivity contribution is -0.138. The molecule has 5 nitrogen and oxygen atoms in total. The van der Waals surface area contributed by atoms with Crippen LogP contribution in [0.15, 0.2) is 22.8 Å². The Morgan fingerprint density at radius 1 is 1.47 bits per heavy atom. The van der Waals surface area contributed by atoms with E-state index in [2.05, 4.69) is 11.8 Å². The number of aliphatic carboxylic acids is 1. The maximum absolute atomic E-state index is 10.6. The first-order valence-corrected chi connectivity index (χ1v) is 5.88. The molecule has 17 heavy (non-hydrogen) atoms. The maximum atomic E-state index is 10.6. The summed E-state index contributed by atoms with van der Waals surface area (Å²) >= 11 is 0. The fourth-order valence-electron chi connectivity index (χ4n) is 2.21. The molecule has 1 atom stereocenters. The van der Waals surface area contributed by atoms with Crippen molar-refractivity contribution >= 4 is 5.97 Å². The fourth-order valence-corrected chi connectivity index (χ4v) is 2.21. The topological polar surface area (TPSA) is 56.9 Å². The highest BCUT2D eigenvalue weighted by Crippen LogP contribution is 2.21. The van der Waals surface area contributed by atoms with Crippen molar-refractivity contribution in [3.63, 3.8) is 0 Å². The Kier molecular flexibility index (Phi) is 3.81. The average molecular weight is 238 g/mol. The monoisotopic (exact) mass is 238 g/mol. The number of carboxylic acid groups (broad SMARTS) is 1. The van der Waals surface area contributed by atoms with E-state index < -0.39 is 5.97 Å². The molecule has 2 heterocycles. The summed E-state index contributed by atoms with van der Waals surface area (Å²) < 4.78 is 5.39. The molecule has 0 saturated carbocycles. The van der Waals surface area contributed by atoms with Crippen molar-refractivity contribution in [1.29, 1.82) is 0 Å². The lowest BCUT2D eigenvalue weighted by Gasteiger charge is -2.36. The third-order valence-electron chi connectivity index (χ3n) is 3.27. The van der Waals surface area contributed by atoms with E-state index in [9.17, 15) is 4.79 Å². The number of carboxylic acids is 1. The zero-order valence-electron chi connectivity index (χ0n) is 10.0. The van der Waals surface area contributed by atoms with E-state index in [-0.39, 0.29) is 12.6 Å². The first-order chi connectivity index (χ1) is 8.16. The minimum absolute atomic E-state index is 0.142. The van der Waals surface area contributed by atoms with E-state index in [1.165, 1.54) is 0 Å². The van der Waals surface area contributed by atoms with Crippen LogP contribution in [0.3, 0.4) is 0 Å². The first kappa shape index (κ1) is 12.1. The lowest BCUT2D eigenvalue weighted by Crippen LogP contribution is -2.48. The second kappa shape index (κ2) is 5.33. The predicted octanol–water partition coefficient (Wildman–Crippen LogP) is 1.04. The van der Waals surface area contributed by atoms with Crippen LogP contribution in [0.2, 0.25) is 0 Å². The predicted molar refractivity (Wildman–Crippen MR) is 62.8 cm³/mol. The van der Waals surface area contributed by atoms with Crippen molar-refractivity contribution in [3.8, 4) is 0 Å². The molecular formula is C12H18N2O3. The van der Waals surface area contributed by atoms with Gasteiger partial charge in [0.05, 0.1) is 18.8 Å². The molecule has 0 aliphatic carbocycles. The van der Waals surface area contributed by atoms with E-state index in [0.717, 1.165) is 31.9 Å². The normalized spacial score (nSPS) is 20.3. The van der Waals surface area contributed by atoms with Crippen LogP contribution in [0, 0.1) is 0 Å². The molecule has 1 unspecified atom stereocenters. The van der Waals surface area contributed by atoms with Crippen LogP contribution < -0.4 is 0 Å². The molecule has 1 aliphatic rings. The van der Waals surface area contributed by atoms with Gasteiger partial charge in [-0.05, 0) is 19.1 Å². The van der Waals surface area contributed by atoms with Crippen molar-refractivity contribution < 1.29 is 14.3 Å². The number of nitrogens with zero attached hydrogens (tertiary/aromatic N) is 2. The van der Waals surface area contributed by atoms with Gasteiger partial charge in [0.15, 0.2) is 0 Å². The van der Waals surface area contributed by atoms with Gasteiger partial charge in [-0.15, -0.1) is 0 Å². The molecule has 1 aromatic heterocycles. The van der Waals surface area contributed by atoms with E-state index >= 15 is 0 Å². The summed E-state index contributed by atoms with van der Waals surface area (Å²) in [6.45, 7) is 5.63. The van der Waals surface area contributed by atoms with Gasteiger partial charge in [-0.25, -0.2) is 0 Å². The molecule has 0 spiro atoms. The number of hydrogen-bond acceptors (Lipinski definition) is 4. The number of furan rings is 1. The van der Waals surface area contributed by atoms with Crippen molar-refractivity contribution in [1.82, 2.24) is 9.80 Å². The van der Waals surface area contributed by atoms with Crippen molar-refractivity contribution in [3.05, 3.63) is 24.2 Å². The molecule has 5 heteroatoms. The van der Waals surface area contributed by atoms with E-state index in [1.807, 2.05) is 17.0 Å². The van der Waals surface area contributed by atoms with Crippen LogP contribution in [-0.2, 0) is 4.79 Å². The summed E-state index contributed by atoms with van der Waals surface area (Å²) in [5.74, 6) is 0.217. The lowest BCUT2D eigenvalue weighted by atomic mass is 10.2. The maximum Gasteiger partial charge on any atom is 0.317 e. The first-order valence-electron chi connectivity index (χ1n) is 5.88. The van der Waals surface area contributed by atoms with Gasteiger partial charge in [-0.2, -0.15) is 0 Å². The minimum atomic E-state index is -0.752. The third kappa shape index (κ3) is 3.08. The van der Waals surface area contributed by atoms with Gasteiger partial charge in [-0.3, -0.25) is 14.6 Å². The Balaban J connectivity index is 1.84. The Morgan fingerprint density at radius 2 is 2.18 bits per heavy atom. The van der Waals surface area contributed by atoms with Crippen LogP contribution >= 0.6 is 0 Å². The van der Waals surface area contributed by atoms with Gasteiger partial charge in [0.25, 0.3) is 0 Å². The van der Waals surface area contributed by atoms with E-state index in [1.54, 1.807) is 6.26 Å². The second-order valence-corrected chi connectivity index (χ2v) is 4.40. The van der Waals surface area contributed by atoms with Crippen LogP contribution in [0.1, 0.15) is 18.7 Å². The molecule has 0 amide bonds. The Hall–Kier alpha value is -1.33. The van der Waals surface area contributed by atoms with Crippen LogP contribution in [-0.4, -0.2) is 53.6 Å². The average Bonchev–Trinajstić information content (AvgIpc) is 2.82. The summed E-state index contributed by atoms with van der Waals surface area (Å²) in [6.07, 6.45) is 1.69. The van der Waals surface area contributed by atoms with Gasteiger partial charge in [0.1, 0.15) is 5.76 Å².